The number of rotatable bonds is 3. The first kappa shape index (κ1) is 14.2. The standard InChI is InChI=1S/C13H27N3O2/c1-10(8-15-5-2-11(14)3-6-15)16-7-4-12(17)13(18)9-16/h10-13,17-18H,2-9,14H2,1H3/t10-,12?,13?/m0/s1. The van der Waals surface area contributed by atoms with E-state index in [1.807, 2.05) is 0 Å². The summed E-state index contributed by atoms with van der Waals surface area (Å²) >= 11 is 0. The quantitative estimate of drug-likeness (QED) is 0.619. The molecule has 2 fully saturated rings. The second-order valence-corrected chi connectivity index (χ2v) is 5.91. The Morgan fingerprint density at radius 3 is 2.39 bits per heavy atom. The maximum Gasteiger partial charge on any atom is 0.0926 e. The lowest BCUT2D eigenvalue weighted by molar-refractivity contribution is -0.0508. The Morgan fingerprint density at radius 2 is 1.78 bits per heavy atom. The number of hydrogen-bond donors (Lipinski definition) is 3. The molecule has 0 aromatic carbocycles. The van der Waals surface area contributed by atoms with Crippen LogP contribution in [0.1, 0.15) is 26.2 Å². The topological polar surface area (TPSA) is 73.0 Å². The van der Waals surface area contributed by atoms with Crippen molar-refractivity contribution in [2.24, 2.45) is 5.73 Å². The third-order valence-corrected chi connectivity index (χ3v) is 4.36. The van der Waals surface area contributed by atoms with Crippen molar-refractivity contribution in [3.8, 4) is 0 Å². The molecule has 106 valence electrons. The molecule has 0 aliphatic carbocycles. The molecule has 2 aliphatic heterocycles. The highest BCUT2D eigenvalue weighted by Crippen LogP contribution is 2.16. The van der Waals surface area contributed by atoms with Crippen molar-refractivity contribution in [2.45, 2.75) is 50.5 Å². The summed E-state index contributed by atoms with van der Waals surface area (Å²) in [5, 5.41) is 19.2. The zero-order chi connectivity index (χ0) is 13.1. The molecule has 5 heteroatoms. The van der Waals surface area contributed by atoms with Crippen LogP contribution in [0.5, 0.6) is 0 Å². The van der Waals surface area contributed by atoms with Gasteiger partial charge >= 0.3 is 0 Å². The molecule has 4 N–H and O–H groups in total. The molecule has 0 radical (unpaired) electrons. The van der Waals surface area contributed by atoms with Gasteiger partial charge < -0.3 is 20.8 Å². The second kappa shape index (κ2) is 6.30. The van der Waals surface area contributed by atoms with E-state index >= 15 is 0 Å². The SMILES string of the molecule is C[C@@H](CN1CCC(N)CC1)N1CCC(O)C(O)C1. The highest BCUT2D eigenvalue weighted by atomic mass is 16.3. The average molecular weight is 257 g/mol. The number of aliphatic hydroxyl groups is 2. The molecule has 0 amide bonds. The van der Waals surface area contributed by atoms with Crippen LogP contribution in [0.15, 0.2) is 0 Å². The molecule has 2 saturated heterocycles. The van der Waals surface area contributed by atoms with Crippen LogP contribution in [0.4, 0.5) is 0 Å². The summed E-state index contributed by atoms with van der Waals surface area (Å²) in [4.78, 5) is 4.75. The zero-order valence-corrected chi connectivity index (χ0v) is 11.3. The molecule has 2 aliphatic rings. The fraction of sp³-hybridized carbons (Fsp3) is 1.00. The molecule has 2 unspecified atom stereocenters. The highest BCUT2D eigenvalue weighted by molar-refractivity contribution is 4.84. The molecule has 0 saturated carbocycles. The van der Waals surface area contributed by atoms with Gasteiger partial charge in [-0.2, -0.15) is 0 Å². The van der Waals surface area contributed by atoms with E-state index in [9.17, 15) is 10.2 Å². The molecule has 3 atom stereocenters. The van der Waals surface area contributed by atoms with Gasteiger partial charge in [-0.05, 0) is 39.3 Å². The molecule has 2 heterocycles. The summed E-state index contributed by atoms with van der Waals surface area (Å²) in [6.45, 7) is 6.89. The Morgan fingerprint density at radius 1 is 1.11 bits per heavy atom. The van der Waals surface area contributed by atoms with Gasteiger partial charge in [0.25, 0.3) is 0 Å². The van der Waals surface area contributed by atoms with Crippen LogP contribution in [-0.4, -0.2) is 77.0 Å². The third-order valence-electron chi connectivity index (χ3n) is 4.36. The zero-order valence-electron chi connectivity index (χ0n) is 11.3. The van der Waals surface area contributed by atoms with E-state index in [1.54, 1.807) is 0 Å². The van der Waals surface area contributed by atoms with Crippen molar-refractivity contribution in [3.05, 3.63) is 0 Å². The van der Waals surface area contributed by atoms with Crippen molar-refractivity contribution >= 4 is 0 Å². The summed E-state index contributed by atoms with van der Waals surface area (Å²) in [5.41, 5.74) is 5.91. The first-order chi connectivity index (χ1) is 8.56. The predicted octanol–water partition coefficient (Wildman–Crippen LogP) is -0.774. The molecular formula is C13H27N3O2. The maximum absolute atomic E-state index is 9.72. The number of likely N-dealkylation sites (tertiary alicyclic amines) is 2. The second-order valence-electron chi connectivity index (χ2n) is 5.91. The van der Waals surface area contributed by atoms with Crippen molar-refractivity contribution in [1.82, 2.24) is 9.80 Å². The monoisotopic (exact) mass is 257 g/mol. The van der Waals surface area contributed by atoms with Gasteiger partial charge in [-0.15, -0.1) is 0 Å². The fourth-order valence-corrected chi connectivity index (χ4v) is 2.97. The summed E-state index contributed by atoms with van der Waals surface area (Å²) in [6.07, 6.45) is 1.73. The van der Waals surface area contributed by atoms with Gasteiger partial charge in [0.2, 0.25) is 0 Å². The first-order valence-corrected chi connectivity index (χ1v) is 7.14. The summed E-state index contributed by atoms with van der Waals surface area (Å²) < 4.78 is 0. The van der Waals surface area contributed by atoms with Crippen molar-refractivity contribution in [2.75, 3.05) is 32.7 Å². The van der Waals surface area contributed by atoms with E-state index in [1.165, 1.54) is 0 Å². The number of hydrogen-bond acceptors (Lipinski definition) is 5. The largest absolute Gasteiger partial charge is 0.390 e. The lowest BCUT2D eigenvalue weighted by atomic mass is 10.0. The molecule has 5 nitrogen and oxygen atoms in total. The van der Waals surface area contributed by atoms with Gasteiger partial charge in [0.15, 0.2) is 0 Å². The summed E-state index contributed by atoms with van der Waals surface area (Å²) in [5.74, 6) is 0. The van der Waals surface area contributed by atoms with E-state index in [4.69, 9.17) is 5.73 Å². The van der Waals surface area contributed by atoms with Gasteiger partial charge in [0.05, 0.1) is 12.2 Å². The van der Waals surface area contributed by atoms with Crippen LogP contribution in [0.2, 0.25) is 0 Å². The molecule has 0 spiro atoms. The van der Waals surface area contributed by atoms with Crippen LogP contribution in [0, 0.1) is 0 Å². The van der Waals surface area contributed by atoms with Gasteiger partial charge in [0.1, 0.15) is 0 Å². The van der Waals surface area contributed by atoms with E-state index in [0.29, 0.717) is 25.0 Å². The Hall–Kier alpha value is -0.200. The van der Waals surface area contributed by atoms with E-state index in [-0.39, 0.29) is 0 Å². The molecule has 0 aromatic heterocycles. The average Bonchev–Trinajstić information content (AvgIpc) is 2.35. The van der Waals surface area contributed by atoms with Gasteiger partial charge in [0, 0.05) is 31.7 Å². The Balaban J connectivity index is 1.76. The van der Waals surface area contributed by atoms with Crippen molar-refractivity contribution < 1.29 is 10.2 Å². The molecule has 0 bridgehead atoms. The van der Waals surface area contributed by atoms with Gasteiger partial charge in [-0.1, -0.05) is 0 Å². The van der Waals surface area contributed by atoms with Gasteiger partial charge in [-0.3, -0.25) is 4.90 Å². The van der Waals surface area contributed by atoms with Crippen LogP contribution in [0.3, 0.4) is 0 Å². The molecular weight excluding hydrogens is 230 g/mol. The fourth-order valence-electron chi connectivity index (χ4n) is 2.97. The van der Waals surface area contributed by atoms with Crippen LogP contribution >= 0.6 is 0 Å². The molecule has 2 rings (SSSR count). The van der Waals surface area contributed by atoms with Crippen LogP contribution < -0.4 is 5.73 Å². The predicted molar refractivity (Wildman–Crippen MR) is 71.3 cm³/mol. The Labute approximate surface area is 110 Å². The summed E-state index contributed by atoms with van der Waals surface area (Å²) in [6, 6.07) is 0.810. The Kier molecular flexibility index (Phi) is 4.98. The number of piperidine rings is 2. The highest BCUT2D eigenvalue weighted by Gasteiger charge is 2.29. The van der Waals surface area contributed by atoms with Crippen molar-refractivity contribution in [3.63, 3.8) is 0 Å². The van der Waals surface area contributed by atoms with E-state index < -0.39 is 12.2 Å². The minimum absolute atomic E-state index is 0.378. The number of β-amino-alcohol motifs (C(OH)–C–C–N with tert-alkyl or cyclic N) is 1. The minimum atomic E-state index is -0.587. The maximum atomic E-state index is 9.72. The Bertz CT molecular complexity index is 257. The van der Waals surface area contributed by atoms with Gasteiger partial charge in [-0.25, -0.2) is 0 Å². The van der Waals surface area contributed by atoms with Crippen LogP contribution in [-0.2, 0) is 0 Å². The van der Waals surface area contributed by atoms with Crippen LogP contribution in [0.25, 0.3) is 0 Å². The normalized spacial score (nSPS) is 34.7. The summed E-state index contributed by atoms with van der Waals surface area (Å²) in [7, 11) is 0. The third kappa shape index (κ3) is 3.65. The lowest BCUT2D eigenvalue weighted by Crippen LogP contribution is -2.53. The number of nitrogens with zero attached hydrogens (tertiary/aromatic N) is 2. The van der Waals surface area contributed by atoms with E-state index in [2.05, 4.69) is 16.7 Å². The first-order valence-electron chi connectivity index (χ1n) is 7.14. The lowest BCUT2D eigenvalue weighted by Gasteiger charge is -2.40. The van der Waals surface area contributed by atoms with Crippen molar-refractivity contribution in [1.29, 1.82) is 0 Å². The number of aliphatic hydroxyl groups excluding tert-OH is 2. The molecule has 18 heavy (non-hydrogen) atoms. The molecule has 0 aromatic rings. The van der Waals surface area contributed by atoms with E-state index in [0.717, 1.165) is 39.0 Å². The number of nitrogens with two attached hydrogens (primary N) is 1. The minimum Gasteiger partial charge on any atom is -0.390 e. The smallest absolute Gasteiger partial charge is 0.0926 e.